The van der Waals surface area contributed by atoms with Gasteiger partial charge in [0.15, 0.2) is 0 Å². The van der Waals surface area contributed by atoms with Crippen molar-refractivity contribution in [1.29, 1.82) is 0 Å². The van der Waals surface area contributed by atoms with Gasteiger partial charge in [-0.1, -0.05) is 11.6 Å². The quantitative estimate of drug-likeness (QED) is 0.821. The first kappa shape index (κ1) is 13.8. The molecule has 4 heteroatoms. The Balaban J connectivity index is 1.87. The summed E-state index contributed by atoms with van der Waals surface area (Å²) < 4.78 is 0. The van der Waals surface area contributed by atoms with E-state index in [1.54, 1.807) is 6.20 Å². The van der Waals surface area contributed by atoms with Gasteiger partial charge in [0.1, 0.15) is 0 Å². The highest BCUT2D eigenvalue weighted by molar-refractivity contribution is 6.30. The first-order chi connectivity index (χ1) is 8.45. The fourth-order valence-corrected chi connectivity index (χ4v) is 2.52. The molecule has 3 nitrogen and oxygen atoms in total. The number of aromatic nitrogens is 1. The molecule has 1 saturated heterocycles. The number of hydrogen-bond donors (Lipinski definition) is 0. The summed E-state index contributed by atoms with van der Waals surface area (Å²) in [5.41, 5.74) is 1.34. The molecule has 100 valence electrons. The Hall–Kier alpha value is -0.640. The average Bonchev–Trinajstić information content (AvgIpc) is 2.28. The number of nitrogens with zero attached hydrogens (tertiary/aromatic N) is 3. The van der Waals surface area contributed by atoms with Crippen molar-refractivity contribution in [1.82, 2.24) is 14.8 Å². The summed E-state index contributed by atoms with van der Waals surface area (Å²) in [7, 11) is 0. The predicted molar refractivity (Wildman–Crippen MR) is 75.9 cm³/mol. The van der Waals surface area contributed by atoms with Crippen LogP contribution in [0.15, 0.2) is 18.3 Å². The Morgan fingerprint density at radius 3 is 2.44 bits per heavy atom. The van der Waals surface area contributed by atoms with Gasteiger partial charge in [0.05, 0.1) is 5.69 Å². The third-order valence-electron chi connectivity index (χ3n) is 3.49. The van der Waals surface area contributed by atoms with Gasteiger partial charge in [0.25, 0.3) is 0 Å². The van der Waals surface area contributed by atoms with Crippen LogP contribution in [-0.4, -0.2) is 46.5 Å². The Morgan fingerprint density at radius 2 is 1.89 bits per heavy atom. The molecule has 0 radical (unpaired) electrons. The minimum Gasteiger partial charge on any atom is -0.296 e. The number of piperazine rings is 1. The second kappa shape index (κ2) is 5.55. The Morgan fingerprint density at radius 1 is 1.22 bits per heavy atom. The van der Waals surface area contributed by atoms with Crippen molar-refractivity contribution in [2.45, 2.75) is 32.9 Å². The van der Waals surface area contributed by atoms with Crippen molar-refractivity contribution in [2.24, 2.45) is 0 Å². The maximum absolute atomic E-state index is 5.98. The molecule has 0 N–H and O–H groups in total. The Labute approximate surface area is 115 Å². The first-order valence-electron chi connectivity index (χ1n) is 6.53. The molecule has 2 rings (SSSR count). The summed E-state index contributed by atoms with van der Waals surface area (Å²) in [4.78, 5) is 9.34. The third kappa shape index (κ3) is 3.67. The van der Waals surface area contributed by atoms with E-state index in [0.717, 1.165) is 43.4 Å². The molecular weight excluding hydrogens is 246 g/mol. The van der Waals surface area contributed by atoms with E-state index in [1.807, 2.05) is 12.1 Å². The number of rotatable bonds is 2. The SMILES string of the molecule is CC(C)(C)N1CCN(Cc2cc(Cl)ccn2)CC1. The van der Waals surface area contributed by atoms with Crippen LogP contribution in [0.5, 0.6) is 0 Å². The molecule has 0 bridgehead atoms. The van der Waals surface area contributed by atoms with Gasteiger partial charge >= 0.3 is 0 Å². The van der Waals surface area contributed by atoms with Crippen LogP contribution < -0.4 is 0 Å². The van der Waals surface area contributed by atoms with Crippen LogP contribution in [0.3, 0.4) is 0 Å². The number of hydrogen-bond acceptors (Lipinski definition) is 3. The zero-order valence-corrected chi connectivity index (χ0v) is 12.2. The maximum atomic E-state index is 5.98. The van der Waals surface area contributed by atoms with Crippen molar-refractivity contribution in [3.8, 4) is 0 Å². The van der Waals surface area contributed by atoms with Crippen LogP contribution in [0, 0.1) is 0 Å². The van der Waals surface area contributed by atoms with Gasteiger partial charge in [-0.05, 0) is 32.9 Å². The molecule has 0 aliphatic carbocycles. The van der Waals surface area contributed by atoms with Crippen molar-refractivity contribution in [2.75, 3.05) is 26.2 Å². The van der Waals surface area contributed by atoms with Gasteiger partial charge in [0, 0.05) is 49.5 Å². The molecule has 1 aliphatic rings. The zero-order chi connectivity index (χ0) is 13.2. The molecule has 0 amide bonds. The largest absolute Gasteiger partial charge is 0.296 e. The molecule has 0 aromatic carbocycles. The van der Waals surface area contributed by atoms with Crippen LogP contribution in [0.25, 0.3) is 0 Å². The van der Waals surface area contributed by atoms with E-state index in [0.29, 0.717) is 0 Å². The summed E-state index contributed by atoms with van der Waals surface area (Å²) in [5.74, 6) is 0. The lowest BCUT2D eigenvalue weighted by Crippen LogP contribution is -2.53. The lowest BCUT2D eigenvalue weighted by molar-refractivity contribution is 0.0586. The molecule has 2 heterocycles. The van der Waals surface area contributed by atoms with E-state index in [-0.39, 0.29) is 5.54 Å². The van der Waals surface area contributed by atoms with Crippen LogP contribution in [-0.2, 0) is 6.54 Å². The van der Waals surface area contributed by atoms with Crippen molar-refractivity contribution < 1.29 is 0 Å². The lowest BCUT2D eigenvalue weighted by Gasteiger charge is -2.42. The normalized spacial score (nSPS) is 19.1. The fraction of sp³-hybridized carbons (Fsp3) is 0.643. The first-order valence-corrected chi connectivity index (χ1v) is 6.91. The zero-order valence-electron chi connectivity index (χ0n) is 11.5. The van der Waals surface area contributed by atoms with Crippen LogP contribution in [0.1, 0.15) is 26.5 Å². The van der Waals surface area contributed by atoms with Crippen molar-refractivity contribution in [3.05, 3.63) is 29.0 Å². The van der Waals surface area contributed by atoms with E-state index in [1.165, 1.54) is 0 Å². The molecule has 1 aromatic heterocycles. The standard InChI is InChI=1S/C14H22ClN3/c1-14(2,3)18-8-6-17(7-9-18)11-13-10-12(15)4-5-16-13/h4-5,10H,6-9,11H2,1-3H3. The minimum absolute atomic E-state index is 0.278. The van der Waals surface area contributed by atoms with Gasteiger partial charge in [-0.3, -0.25) is 14.8 Å². The molecule has 0 atom stereocenters. The summed E-state index contributed by atoms with van der Waals surface area (Å²) in [6.07, 6.45) is 1.78. The lowest BCUT2D eigenvalue weighted by atomic mass is 10.0. The summed E-state index contributed by atoms with van der Waals surface area (Å²) in [6, 6.07) is 3.78. The molecule has 1 aromatic rings. The Bertz CT molecular complexity index is 392. The van der Waals surface area contributed by atoms with Crippen LogP contribution >= 0.6 is 11.6 Å². The highest BCUT2D eigenvalue weighted by Gasteiger charge is 2.25. The van der Waals surface area contributed by atoms with Gasteiger partial charge in [-0.15, -0.1) is 0 Å². The summed E-state index contributed by atoms with van der Waals surface area (Å²) in [5, 5.41) is 0.772. The van der Waals surface area contributed by atoms with Crippen molar-refractivity contribution >= 4 is 11.6 Å². The molecule has 0 saturated carbocycles. The fourth-order valence-electron chi connectivity index (χ4n) is 2.34. The average molecular weight is 268 g/mol. The van der Waals surface area contributed by atoms with E-state index in [4.69, 9.17) is 11.6 Å². The van der Waals surface area contributed by atoms with Crippen molar-refractivity contribution in [3.63, 3.8) is 0 Å². The van der Waals surface area contributed by atoms with Crippen LogP contribution in [0.2, 0.25) is 5.02 Å². The highest BCUT2D eigenvalue weighted by atomic mass is 35.5. The van der Waals surface area contributed by atoms with Crippen LogP contribution in [0.4, 0.5) is 0 Å². The maximum Gasteiger partial charge on any atom is 0.0558 e. The molecule has 18 heavy (non-hydrogen) atoms. The second-order valence-electron chi connectivity index (χ2n) is 5.90. The van der Waals surface area contributed by atoms with E-state index < -0.39 is 0 Å². The third-order valence-corrected chi connectivity index (χ3v) is 3.72. The summed E-state index contributed by atoms with van der Waals surface area (Å²) in [6.45, 7) is 12.2. The number of halogens is 1. The highest BCUT2D eigenvalue weighted by Crippen LogP contribution is 2.17. The van der Waals surface area contributed by atoms with Gasteiger partial charge in [0.2, 0.25) is 0 Å². The predicted octanol–water partition coefficient (Wildman–Crippen LogP) is 2.65. The number of pyridine rings is 1. The molecule has 0 spiro atoms. The van der Waals surface area contributed by atoms with E-state index in [2.05, 4.69) is 35.6 Å². The molecule has 0 unspecified atom stereocenters. The molecular formula is C14H22ClN3. The minimum atomic E-state index is 0.278. The molecule has 1 fully saturated rings. The second-order valence-corrected chi connectivity index (χ2v) is 6.34. The Kier molecular flexibility index (Phi) is 4.25. The van der Waals surface area contributed by atoms with Gasteiger partial charge < -0.3 is 0 Å². The van der Waals surface area contributed by atoms with E-state index >= 15 is 0 Å². The monoisotopic (exact) mass is 267 g/mol. The van der Waals surface area contributed by atoms with E-state index in [9.17, 15) is 0 Å². The van der Waals surface area contributed by atoms with Gasteiger partial charge in [-0.25, -0.2) is 0 Å². The topological polar surface area (TPSA) is 19.4 Å². The molecule has 1 aliphatic heterocycles. The smallest absolute Gasteiger partial charge is 0.0558 e. The van der Waals surface area contributed by atoms with Gasteiger partial charge in [-0.2, -0.15) is 0 Å². The summed E-state index contributed by atoms with van der Waals surface area (Å²) >= 11 is 5.98.